The van der Waals surface area contributed by atoms with E-state index in [1.165, 1.54) is 0 Å². The molecule has 0 aromatic heterocycles. The van der Waals surface area contributed by atoms with Crippen LogP contribution in [-0.2, 0) is 14.2 Å². The van der Waals surface area contributed by atoms with E-state index in [-0.39, 0.29) is 0 Å². The predicted molar refractivity (Wildman–Crippen MR) is 109 cm³/mol. The fourth-order valence-electron chi connectivity index (χ4n) is 2.70. The molecule has 0 radical (unpaired) electrons. The molecule has 0 saturated heterocycles. The van der Waals surface area contributed by atoms with Gasteiger partial charge in [0.05, 0.1) is 19.8 Å². The normalized spacial score (nSPS) is 12.0. The van der Waals surface area contributed by atoms with Gasteiger partial charge in [0.1, 0.15) is 0 Å². The molecule has 6 N–H and O–H groups in total. The summed E-state index contributed by atoms with van der Waals surface area (Å²) < 4.78 is 17.8. The van der Waals surface area contributed by atoms with Crippen molar-refractivity contribution >= 4 is 0 Å². The van der Waals surface area contributed by atoms with E-state index in [2.05, 4.69) is 0 Å². The summed E-state index contributed by atoms with van der Waals surface area (Å²) >= 11 is 0. The molecule has 0 atom stereocenters. The van der Waals surface area contributed by atoms with Crippen molar-refractivity contribution in [1.29, 1.82) is 0 Å². The van der Waals surface area contributed by atoms with Crippen molar-refractivity contribution in [3.63, 3.8) is 0 Å². The van der Waals surface area contributed by atoms with Gasteiger partial charge in [-0.2, -0.15) is 0 Å². The molecule has 0 saturated carbocycles. The molecule has 0 amide bonds. The van der Waals surface area contributed by atoms with E-state index in [1.807, 2.05) is 6.92 Å². The molecule has 0 aliphatic rings. The van der Waals surface area contributed by atoms with Crippen LogP contribution in [0.15, 0.2) is 0 Å². The highest BCUT2D eigenvalue weighted by Crippen LogP contribution is 2.18. The Morgan fingerprint density at radius 1 is 0.462 bits per heavy atom. The van der Waals surface area contributed by atoms with Crippen LogP contribution in [0.4, 0.5) is 0 Å². The second-order valence-electron chi connectivity index (χ2n) is 7.02. The van der Waals surface area contributed by atoms with E-state index in [9.17, 15) is 0 Å². The van der Waals surface area contributed by atoms with E-state index in [0.717, 1.165) is 96.7 Å². The lowest BCUT2D eigenvalue weighted by molar-refractivity contribution is -0.370. The Bertz CT molecular complexity index is 240. The van der Waals surface area contributed by atoms with E-state index in [4.69, 9.17) is 31.4 Å². The Morgan fingerprint density at radius 2 is 0.731 bits per heavy atom. The summed E-state index contributed by atoms with van der Waals surface area (Å²) in [7, 11) is 0. The maximum Gasteiger partial charge on any atom is 0.279 e. The van der Waals surface area contributed by atoms with Crippen LogP contribution in [0.3, 0.4) is 0 Å². The van der Waals surface area contributed by atoms with Gasteiger partial charge in [0, 0.05) is 6.92 Å². The second-order valence-corrected chi connectivity index (χ2v) is 7.02. The van der Waals surface area contributed by atoms with E-state index in [1.54, 1.807) is 0 Å². The van der Waals surface area contributed by atoms with Gasteiger partial charge in [0.15, 0.2) is 0 Å². The lowest BCUT2D eigenvalue weighted by Crippen LogP contribution is -2.37. The molecule has 0 aliphatic carbocycles. The Morgan fingerprint density at radius 3 is 1.00 bits per heavy atom. The fourth-order valence-corrected chi connectivity index (χ4v) is 2.70. The fraction of sp³-hybridized carbons (Fsp3) is 1.00. The summed E-state index contributed by atoms with van der Waals surface area (Å²) in [5, 5.41) is 0. The van der Waals surface area contributed by atoms with Crippen LogP contribution < -0.4 is 17.2 Å². The van der Waals surface area contributed by atoms with Crippen molar-refractivity contribution in [2.24, 2.45) is 17.2 Å². The summed E-state index contributed by atoms with van der Waals surface area (Å²) in [5.41, 5.74) is 16.6. The highest BCUT2D eigenvalue weighted by atomic mass is 16.9. The molecular formula is C20H45N3O3. The first-order valence-electron chi connectivity index (χ1n) is 10.7. The average Bonchev–Trinajstić information content (AvgIpc) is 2.64. The van der Waals surface area contributed by atoms with Crippen LogP contribution in [0.1, 0.15) is 84.0 Å². The van der Waals surface area contributed by atoms with E-state index < -0.39 is 5.97 Å². The number of hydrogen-bond donors (Lipinski definition) is 3. The number of nitrogens with two attached hydrogens (primary N) is 3. The van der Waals surface area contributed by atoms with Gasteiger partial charge in [0.25, 0.3) is 5.97 Å². The molecule has 0 heterocycles. The average molecular weight is 376 g/mol. The van der Waals surface area contributed by atoms with Gasteiger partial charge < -0.3 is 31.4 Å². The number of hydrogen-bond acceptors (Lipinski definition) is 6. The van der Waals surface area contributed by atoms with Gasteiger partial charge in [-0.05, 0) is 58.2 Å². The zero-order valence-corrected chi connectivity index (χ0v) is 17.2. The number of rotatable bonds is 21. The predicted octanol–water partition coefficient (Wildman–Crippen LogP) is 3.27. The van der Waals surface area contributed by atoms with Crippen LogP contribution in [-0.4, -0.2) is 45.4 Å². The molecular weight excluding hydrogens is 330 g/mol. The molecule has 0 rings (SSSR count). The lowest BCUT2D eigenvalue weighted by atomic mass is 10.2. The van der Waals surface area contributed by atoms with Crippen molar-refractivity contribution in [2.45, 2.75) is 89.9 Å². The van der Waals surface area contributed by atoms with Crippen LogP contribution in [0.25, 0.3) is 0 Å². The minimum atomic E-state index is -0.935. The monoisotopic (exact) mass is 375 g/mol. The summed E-state index contributed by atoms with van der Waals surface area (Å²) in [6.45, 7) is 6.15. The molecule has 0 bridgehead atoms. The van der Waals surface area contributed by atoms with Crippen LogP contribution in [0.5, 0.6) is 0 Å². The molecule has 0 aromatic rings. The molecule has 0 spiro atoms. The molecule has 26 heavy (non-hydrogen) atoms. The van der Waals surface area contributed by atoms with Crippen molar-refractivity contribution in [3.8, 4) is 0 Å². The zero-order chi connectivity index (χ0) is 19.3. The third-order valence-corrected chi connectivity index (χ3v) is 4.39. The minimum Gasteiger partial charge on any atom is -0.330 e. The molecule has 0 aliphatic heterocycles. The molecule has 0 fully saturated rings. The molecule has 0 unspecified atom stereocenters. The Hall–Kier alpha value is -0.240. The van der Waals surface area contributed by atoms with Crippen molar-refractivity contribution < 1.29 is 14.2 Å². The van der Waals surface area contributed by atoms with Crippen LogP contribution in [0, 0.1) is 0 Å². The van der Waals surface area contributed by atoms with Crippen molar-refractivity contribution in [3.05, 3.63) is 0 Å². The first-order chi connectivity index (χ1) is 12.7. The lowest BCUT2D eigenvalue weighted by Gasteiger charge is -2.30. The third-order valence-electron chi connectivity index (χ3n) is 4.39. The second kappa shape index (κ2) is 19.5. The molecule has 6 heteroatoms. The maximum absolute atomic E-state index is 5.95. The standard InChI is InChI=1S/C20H45N3O3/c1-20(24-17-11-5-2-8-14-21,25-18-12-6-3-9-15-22)26-19-13-7-4-10-16-23/h2-19,21-23H2,1H3. The summed E-state index contributed by atoms with van der Waals surface area (Å²) in [6.07, 6.45) is 13.1. The Labute approximate surface area is 161 Å². The number of ether oxygens (including phenoxy) is 3. The van der Waals surface area contributed by atoms with Gasteiger partial charge in [-0.1, -0.05) is 38.5 Å². The molecule has 158 valence electrons. The van der Waals surface area contributed by atoms with Crippen LogP contribution >= 0.6 is 0 Å². The van der Waals surface area contributed by atoms with Gasteiger partial charge in [-0.25, -0.2) is 0 Å². The van der Waals surface area contributed by atoms with Crippen LogP contribution in [0.2, 0.25) is 0 Å². The topological polar surface area (TPSA) is 106 Å². The zero-order valence-electron chi connectivity index (χ0n) is 17.2. The van der Waals surface area contributed by atoms with Crippen molar-refractivity contribution in [2.75, 3.05) is 39.5 Å². The largest absolute Gasteiger partial charge is 0.330 e. The highest BCUT2D eigenvalue weighted by Gasteiger charge is 2.26. The first-order valence-corrected chi connectivity index (χ1v) is 10.7. The summed E-state index contributed by atoms with van der Waals surface area (Å²) in [4.78, 5) is 0. The van der Waals surface area contributed by atoms with Gasteiger partial charge in [0.2, 0.25) is 0 Å². The van der Waals surface area contributed by atoms with Gasteiger partial charge >= 0.3 is 0 Å². The quantitative estimate of drug-likeness (QED) is 0.210. The summed E-state index contributed by atoms with van der Waals surface area (Å²) in [6, 6.07) is 0. The Kier molecular flexibility index (Phi) is 19.3. The SMILES string of the molecule is CC(OCCCCCCN)(OCCCCCCN)OCCCCCCN. The van der Waals surface area contributed by atoms with Gasteiger partial charge in [-0.3, -0.25) is 0 Å². The smallest absolute Gasteiger partial charge is 0.279 e. The minimum absolute atomic E-state index is 0.654. The Balaban J connectivity index is 4.02. The van der Waals surface area contributed by atoms with Crippen molar-refractivity contribution in [1.82, 2.24) is 0 Å². The maximum atomic E-state index is 5.95. The van der Waals surface area contributed by atoms with E-state index in [0.29, 0.717) is 19.8 Å². The highest BCUT2D eigenvalue weighted by molar-refractivity contribution is 4.53. The molecule has 0 aromatic carbocycles. The summed E-state index contributed by atoms with van der Waals surface area (Å²) in [5.74, 6) is -0.935. The van der Waals surface area contributed by atoms with E-state index >= 15 is 0 Å². The molecule has 6 nitrogen and oxygen atoms in total. The third kappa shape index (κ3) is 17.2. The number of unbranched alkanes of at least 4 members (excludes halogenated alkanes) is 9. The first kappa shape index (κ1) is 25.8. The van der Waals surface area contributed by atoms with Gasteiger partial charge in [-0.15, -0.1) is 0 Å².